The average molecular weight is 300 g/mol. The summed E-state index contributed by atoms with van der Waals surface area (Å²) in [5.41, 5.74) is 0.496. The van der Waals surface area contributed by atoms with Crippen LogP contribution in [0.25, 0.3) is 0 Å². The van der Waals surface area contributed by atoms with Crippen molar-refractivity contribution in [3.8, 4) is 5.75 Å². The Hall–Kier alpha value is -1.30. The van der Waals surface area contributed by atoms with Crippen molar-refractivity contribution in [2.75, 3.05) is 26.3 Å². The lowest BCUT2D eigenvalue weighted by atomic mass is 10.2. The molecule has 0 radical (unpaired) electrons. The fourth-order valence-corrected chi connectivity index (χ4v) is 2.31. The molecule has 1 fully saturated rings. The van der Waals surface area contributed by atoms with Crippen LogP contribution in [0.3, 0.4) is 0 Å². The topological polar surface area (TPSA) is 59.0 Å². The molecular weight excluding hydrogens is 282 g/mol. The molecular formula is C14H18ClNO4. The summed E-state index contributed by atoms with van der Waals surface area (Å²) < 4.78 is 10.9. The second-order valence-electron chi connectivity index (χ2n) is 4.57. The Morgan fingerprint density at radius 1 is 1.50 bits per heavy atom. The summed E-state index contributed by atoms with van der Waals surface area (Å²) in [6, 6.07) is 5.09. The van der Waals surface area contributed by atoms with E-state index in [0.717, 1.165) is 0 Å². The smallest absolute Gasteiger partial charge is 0.263 e. The van der Waals surface area contributed by atoms with Crippen molar-refractivity contribution < 1.29 is 19.4 Å². The van der Waals surface area contributed by atoms with Crippen LogP contribution in [0.2, 0.25) is 5.02 Å². The summed E-state index contributed by atoms with van der Waals surface area (Å²) in [4.78, 5) is 14.0. The molecule has 1 unspecified atom stereocenters. The third-order valence-corrected chi connectivity index (χ3v) is 3.56. The largest absolute Gasteiger partial charge is 0.480 e. The van der Waals surface area contributed by atoms with Gasteiger partial charge < -0.3 is 19.5 Å². The molecule has 110 valence electrons. The van der Waals surface area contributed by atoms with E-state index in [9.17, 15) is 9.90 Å². The van der Waals surface area contributed by atoms with Gasteiger partial charge in [0, 0.05) is 23.7 Å². The molecule has 1 aliphatic heterocycles. The molecule has 2 rings (SSSR count). The van der Waals surface area contributed by atoms with E-state index in [1.807, 2.05) is 0 Å². The number of nitrogens with zero attached hydrogens (tertiary/aromatic N) is 1. The normalized spacial score (nSPS) is 16.9. The fraction of sp³-hybridized carbons (Fsp3) is 0.500. The molecule has 0 aromatic heterocycles. The number of amides is 1. The quantitative estimate of drug-likeness (QED) is 0.914. The van der Waals surface area contributed by atoms with Gasteiger partial charge in [-0.2, -0.15) is 0 Å². The van der Waals surface area contributed by atoms with Gasteiger partial charge in [-0.15, -0.1) is 0 Å². The highest BCUT2D eigenvalue weighted by molar-refractivity contribution is 6.31. The summed E-state index contributed by atoms with van der Waals surface area (Å²) in [6.07, 6.45) is -0.628. The molecule has 0 aliphatic carbocycles. The standard InChI is InChI=1S/C14H18ClNO4/c1-10(14(18)16-5-7-19-8-6-16)20-13-4-2-3-12(15)11(13)9-17/h2-4,10,17H,5-9H2,1H3. The highest BCUT2D eigenvalue weighted by Gasteiger charge is 2.24. The zero-order valence-electron chi connectivity index (χ0n) is 11.3. The highest BCUT2D eigenvalue weighted by Crippen LogP contribution is 2.27. The summed E-state index contributed by atoms with van der Waals surface area (Å²) in [5.74, 6) is 0.353. The van der Waals surface area contributed by atoms with Crippen molar-refractivity contribution in [3.05, 3.63) is 28.8 Å². The SMILES string of the molecule is CC(Oc1cccc(Cl)c1CO)C(=O)N1CCOCC1. The summed E-state index contributed by atoms with van der Waals surface area (Å²) >= 11 is 5.99. The Balaban J connectivity index is 2.05. The van der Waals surface area contributed by atoms with Crippen LogP contribution in [0.4, 0.5) is 0 Å². The van der Waals surface area contributed by atoms with E-state index < -0.39 is 6.10 Å². The number of rotatable bonds is 4. The molecule has 1 atom stereocenters. The van der Waals surface area contributed by atoms with Crippen molar-refractivity contribution in [1.82, 2.24) is 4.90 Å². The average Bonchev–Trinajstić information content (AvgIpc) is 2.47. The number of ether oxygens (including phenoxy) is 2. The molecule has 1 heterocycles. The minimum atomic E-state index is -0.628. The van der Waals surface area contributed by atoms with Crippen molar-refractivity contribution >= 4 is 17.5 Å². The molecule has 20 heavy (non-hydrogen) atoms. The Morgan fingerprint density at radius 3 is 2.85 bits per heavy atom. The van der Waals surface area contributed by atoms with Gasteiger partial charge in [0.15, 0.2) is 6.10 Å². The van der Waals surface area contributed by atoms with E-state index in [2.05, 4.69) is 0 Å². The second-order valence-corrected chi connectivity index (χ2v) is 4.98. The minimum Gasteiger partial charge on any atom is -0.480 e. The van der Waals surface area contributed by atoms with Gasteiger partial charge in [0.2, 0.25) is 0 Å². The maximum absolute atomic E-state index is 12.2. The van der Waals surface area contributed by atoms with Crippen LogP contribution in [0.15, 0.2) is 18.2 Å². The van der Waals surface area contributed by atoms with E-state index >= 15 is 0 Å². The number of morpholine rings is 1. The van der Waals surface area contributed by atoms with Gasteiger partial charge in [0.1, 0.15) is 5.75 Å². The monoisotopic (exact) mass is 299 g/mol. The van der Waals surface area contributed by atoms with Crippen LogP contribution >= 0.6 is 11.6 Å². The number of aliphatic hydroxyl groups is 1. The van der Waals surface area contributed by atoms with Crippen LogP contribution in [0, 0.1) is 0 Å². The molecule has 0 saturated carbocycles. The number of hydrogen-bond donors (Lipinski definition) is 1. The Morgan fingerprint density at radius 2 is 2.20 bits per heavy atom. The second kappa shape index (κ2) is 6.92. The van der Waals surface area contributed by atoms with E-state index in [4.69, 9.17) is 21.1 Å². The van der Waals surface area contributed by atoms with Gasteiger partial charge in [0.25, 0.3) is 5.91 Å². The molecule has 1 aromatic rings. The van der Waals surface area contributed by atoms with Crippen molar-refractivity contribution in [3.63, 3.8) is 0 Å². The van der Waals surface area contributed by atoms with Crippen molar-refractivity contribution in [2.45, 2.75) is 19.6 Å². The first-order chi connectivity index (χ1) is 9.63. The molecule has 1 N–H and O–H groups in total. The maximum Gasteiger partial charge on any atom is 0.263 e. The number of carbonyl (C=O) groups is 1. The number of halogens is 1. The van der Waals surface area contributed by atoms with Crippen LogP contribution in [-0.4, -0.2) is 48.3 Å². The van der Waals surface area contributed by atoms with Crippen LogP contribution in [0.5, 0.6) is 5.75 Å². The lowest BCUT2D eigenvalue weighted by Crippen LogP contribution is -2.46. The molecule has 0 bridgehead atoms. The Labute approximate surface area is 123 Å². The molecule has 1 saturated heterocycles. The predicted octanol–water partition coefficient (Wildman–Crippen LogP) is 1.46. The number of aliphatic hydroxyl groups excluding tert-OH is 1. The molecule has 6 heteroatoms. The molecule has 1 aromatic carbocycles. The predicted molar refractivity (Wildman–Crippen MR) is 74.9 cm³/mol. The summed E-state index contributed by atoms with van der Waals surface area (Å²) in [5, 5.41) is 9.75. The third-order valence-electron chi connectivity index (χ3n) is 3.21. The Bertz CT molecular complexity index is 474. The van der Waals surface area contributed by atoms with Gasteiger partial charge in [0.05, 0.1) is 19.8 Å². The van der Waals surface area contributed by atoms with Gasteiger partial charge in [-0.25, -0.2) is 0 Å². The molecule has 1 amide bonds. The van der Waals surface area contributed by atoms with Gasteiger partial charge in [-0.3, -0.25) is 4.79 Å². The number of benzene rings is 1. The lowest BCUT2D eigenvalue weighted by molar-refractivity contribution is -0.142. The number of carbonyl (C=O) groups excluding carboxylic acids is 1. The van der Waals surface area contributed by atoms with E-state index in [1.165, 1.54) is 0 Å². The zero-order chi connectivity index (χ0) is 14.5. The van der Waals surface area contributed by atoms with Crippen LogP contribution in [-0.2, 0) is 16.1 Å². The maximum atomic E-state index is 12.2. The summed E-state index contributed by atoms with van der Waals surface area (Å²) in [7, 11) is 0. The highest BCUT2D eigenvalue weighted by atomic mass is 35.5. The van der Waals surface area contributed by atoms with Crippen molar-refractivity contribution in [2.24, 2.45) is 0 Å². The first-order valence-electron chi connectivity index (χ1n) is 6.55. The number of hydrogen-bond acceptors (Lipinski definition) is 4. The zero-order valence-corrected chi connectivity index (χ0v) is 12.1. The Kier molecular flexibility index (Phi) is 5.23. The summed E-state index contributed by atoms with van der Waals surface area (Å²) in [6.45, 7) is 3.73. The minimum absolute atomic E-state index is 0.0860. The van der Waals surface area contributed by atoms with E-state index in [1.54, 1.807) is 30.0 Å². The van der Waals surface area contributed by atoms with Gasteiger partial charge >= 0.3 is 0 Å². The van der Waals surface area contributed by atoms with E-state index in [-0.39, 0.29) is 12.5 Å². The third kappa shape index (κ3) is 3.42. The van der Waals surface area contributed by atoms with Gasteiger partial charge in [-0.1, -0.05) is 17.7 Å². The first-order valence-corrected chi connectivity index (χ1v) is 6.92. The molecule has 1 aliphatic rings. The lowest BCUT2D eigenvalue weighted by Gasteiger charge is -2.29. The van der Waals surface area contributed by atoms with Crippen molar-refractivity contribution in [1.29, 1.82) is 0 Å². The van der Waals surface area contributed by atoms with E-state index in [0.29, 0.717) is 42.6 Å². The van der Waals surface area contributed by atoms with Crippen LogP contribution < -0.4 is 4.74 Å². The van der Waals surface area contributed by atoms with Crippen LogP contribution in [0.1, 0.15) is 12.5 Å². The first kappa shape index (κ1) is 15.1. The molecule has 5 nitrogen and oxygen atoms in total. The molecule has 0 spiro atoms. The fourth-order valence-electron chi connectivity index (χ4n) is 2.08. The van der Waals surface area contributed by atoms with Gasteiger partial charge in [-0.05, 0) is 19.1 Å².